The van der Waals surface area contributed by atoms with Crippen molar-refractivity contribution in [3.05, 3.63) is 53.6 Å². The van der Waals surface area contributed by atoms with Crippen LogP contribution in [0.4, 0.5) is 18.9 Å². The van der Waals surface area contributed by atoms with Gasteiger partial charge in [-0.3, -0.25) is 4.79 Å². The van der Waals surface area contributed by atoms with Crippen LogP contribution in [0, 0.1) is 0 Å². The second kappa shape index (κ2) is 9.61. The molecule has 0 aliphatic heterocycles. The number of halogens is 4. The predicted molar refractivity (Wildman–Crippen MR) is 113 cm³/mol. The molecule has 1 unspecified atom stereocenters. The van der Waals surface area contributed by atoms with E-state index in [0.29, 0.717) is 28.2 Å². The molecular formula is C20H18ClF3N4O2S. The van der Waals surface area contributed by atoms with Crippen molar-refractivity contribution in [1.29, 1.82) is 0 Å². The third kappa shape index (κ3) is 6.14. The Morgan fingerprint density at radius 3 is 2.39 bits per heavy atom. The molecule has 31 heavy (non-hydrogen) atoms. The fourth-order valence-electron chi connectivity index (χ4n) is 2.67. The molecule has 0 aliphatic carbocycles. The number of hydrogen-bond acceptors (Lipinski definition) is 5. The normalized spacial score (nSPS) is 12.5. The van der Waals surface area contributed by atoms with Gasteiger partial charge in [-0.25, -0.2) is 0 Å². The maximum absolute atomic E-state index is 12.5. The van der Waals surface area contributed by atoms with E-state index in [1.54, 1.807) is 19.1 Å². The zero-order chi connectivity index (χ0) is 22.6. The number of anilines is 1. The Kier molecular flexibility index (Phi) is 7.11. The molecule has 164 valence electrons. The van der Waals surface area contributed by atoms with E-state index in [9.17, 15) is 18.0 Å². The van der Waals surface area contributed by atoms with Crippen molar-refractivity contribution in [3.63, 3.8) is 0 Å². The second-order valence-electron chi connectivity index (χ2n) is 6.38. The Balaban J connectivity index is 1.66. The summed E-state index contributed by atoms with van der Waals surface area (Å²) in [5.41, 5.74) is 1.20. The maximum atomic E-state index is 12.5. The Morgan fingerprint density at radius 2 is 1.81 bits per heavy atom. The van der Waals surface area contributed by atoms with Gasteiger partial charge in [0.1, 0.15) is 5.75 Å². The first-order valence-corrected chi connectivity index (χ1v) is 10.4. The van der Waals surface area contributed by atoms with Gasteiger partial charge >= 0.3 is 6.36 Å². The van der Waals surface area contributed by atoms with Gasteiger partial charge in [0.15, 0.2) is 11.0 Å². The number of benzene rings is 2. The smallest absolute Gasteiger partial charge is 0.406 e. The minimum atomic E-state index is -4.77. The highest BCUT2D eigenvalue weighted by Gasteiger charge is 2.31. The number of rotatable bonds is 7. The molecular weight excluding hydrogens is 453 g/mol. The van der Waals surface area contributed by atoms with E-state index in [-0.39, 0.29) is 11.7 Å². The molecule has 1 heterocycles. The van der Waals surface area contributed by atoms with E-state index in [0.717, 1.165) is 17.7 Å². The molecule has 0 saturated heterocycles. The van der Waals surface area contributed by atoms with Gasteiger partial charge in [-0.15, -0.1) is 23.4 Å². The monoisotopic (exact) mass is 470 g/mol. The summed E-state index contributed by atoms with van der Waals surface area (Å²) < 4.78 is 42.4. The minimum absolute atomic E-state index is 0.326. The molecule has 11 heteroatoms. The van der Waals surface area contributed by atoms with Crippen molar-refractivity contribution < 1.29 is 22.7 Å². The second-order valence-corrected chi connectivity index (χ2v) is 8.12. The third-order valence-electron chi connectivity index (χ3n) is 4.14. The maximum Gasteiger partial charge on any atom is 0.573 e. The molecule has 1 amide bonds. The van der Waals surface area contributed by atoms with Crippen LogP contribution in [-0.4, -0.2) is 32.3 Å². The van der Waals surface area contributed by atoms with Crippen LogP contribution in [0.1, 0.15) is 13.8 Å². The Labute approximate surface area is 185 Å². The first-order valence-electron chi connectivity index (χ1n) is 9.18. The fraction of sp³-hybridized carbons (Fsp3) is 0.250. The lowest BCUT2D eigenvalue weighted by atomic mass is 10.2. The van der Waals surface area contributed by atoms with Crippen LogP contribution in [0.15, 0.2) is 53.7 Å². The highest BCUT2D eigenvalue weighted by atomic mass is 35.5. The molecule has 0 bridgehead atoms. The number of hydrogen-bond donors (Lipinski definition) is 1. The summed E-state index contributed by atoms with van der Waals surface area (Å²) >= 11 is 7.17. The average Bonchev–Trinajstić information content (AvgIpc) is 3.11. The SMILES string of the molecule is CCn1c(SC(C)C(=O)Nc2ccc(OC(F)(F)F)cc2)nnc1-c1ccc(Cl)cc1. The van der Waals surface area contributed by atoms with Crippen LogP contribution in [0.25, 0.3) is 11.4 Å². The quantitative estimate of drug-likeness (QED) is 0.453. The van der Waals surface area contributed by atoms with Crippen LogP contribution in [0.2, 0.25) is 5.02 Å². The summed E-state index contributed by atoms with van der Waals surface area (Å²) in [5.74, 6) is -0.0265. The van der Waals surface area contributed by atoms with Gasteiger partial charge < -0.3 is 14.6 Å². The molecule has 0 fully saturated rings. The Hall–Kier alpha value is -2.72. The number of nitrogens with zero attached hydrogens (tertiary/aromatic N) is 3. The topological polar surface area (TPSA) is 69.0 Å². The lowest BCUT2D eigenvalue weighted by Crippen LogP contribution is -2.23. The van der Waals surface area contributed by atoms with Gasteiger partial charge in [0.05, 0.1) is 5.25 Å². The first-order chi connectivity index (χ1) is 14.7. The molecule has 3 aromatic rings. The van der Waals surface area contributed by atoms with Gasteiger partial charge in [-0.2, -0.15) is 0 Å². The number of amides is 1. The van der Waals surface area contributed by atoms with E-state index >= 15 is 0 Å². The van der Waals surface area contributed by atoms with Crippen LogP contribution in [-0.2, 0) is 11.3 Å². The molecule has 3 rings (SSSR count). The molecule has 6 nitrogen and oxygen atoms in total. The average molecular weight is 471 g/mol. The van der Waals surface area contributed by atoms with Crippen LogP contribution in [0.3, 0.4) is 0 Å². The van der Waals surface area contributed by atoms with Gasteiger partial charge in [0, 0.05) is 22.8 Å². The van der Waals surface area contributed by atoms with Crippen molar-refractivity contribution in [2.45, 2.75) is 37.2 Å². The number of carbonyl (C=O) groups excluding carboxylic acids is 1. The fourth-order valence-corrected chi connectivity index (χ4v) is 3.71. The van der Waals surface area contributed by atoms with Crippen molar-refractivity contribution in [2.75, 3.05) is 5.32 Å². The van der Waals surface area contributed by atoms with Crippen molar-refractivity contribution in [1.82, 2.24) is 14.8 Å². The van der Waals surface area contributed by atoms with E-state index in [4.69, 9.17) is 11.6 Å². The molecule has 1 atom stereocenters. The Morgan fingerprint density at radius 1 is 1.16 bits per heavy atom. The van der Waals surface area contributed by atoms with Crippen LogP contribution < -0.4 is 10.1 Å². The Bertz CT molecular complexity index is 1040. The number of carbonyl (C=O) groups is 1. The summed E-state index contributed by atoms with van der Waals surface area (Å²) in [6.07, 6.45) is -4.77. The molecule has 0 saturated carbocycles. The largest absolute Gasteiger partial charge is 0.573 e. The molecule has 0 radical (unpaired) electrons. The zero-order valence-electron chi connectivity index (χ0n) is 16.5. The zero-order valence-corrected chi connectivity index (χ0v) is 18.1. The van der Waals surface area contributed by atoms with Crippen LogP contribution >= 0.6 is 23.4 Å². The minimum Gasteiger partial charge on any atom is -0.406 e. The molecule has 0 aliphatic rings. The van der Waals surface area contributed by atoms with Crippen molar-refractivity contribution in [2.24, 2.45) is 0 Å². The summed E-state index contributed by atoms with van der Waals surface area (Å²) in [6, 6.07) is 12.1. The van der Waals surface area contributed by atoms with Gasteiger partial charge in [-0.1, -0.05) is 23.4 Å². The summed E-state index contributed by atoms with van der Waals surface area (Å²) in [5, 5.41) is 11.8. The number of thioether (sulfide) groups is 1. The molecule has 1 N–H and O–H groups in total. The van der Waals surface area contributed by atoms with Gasteiger partial charge in [0.2, 0.25) is 5.91 Å². The summed E-state index contributed by atoms with van der Waals surface area (Å²) in [6.45, 7) is 4.25. The van der Waals surface area contributed by atoms with E-state index in [1.165, 1.54) is 23.9 Å². The van der Waals surface area contributed by atoms with E-state index in [1.807, 2.05) is 23.6 Å². The third-order valence-corrected chi connectivity index (χ3v) is 5.47. The predicted octanol–water partition coefficient (Wildman–Crippen LogP) is 5.64. The number of ether oxygens (including phenoxy) is 1. The molecule has 1 aromatic heterocycles. The first kappa shape index (κ1) is 23.0. The van der Waals surface area contributed by atoms with Gasteiger partial charge in [-0.05, 0) is 62.4 Å². The van der Waals surface area contributed by atoms with Crippen molar-refractivity contribution in [3.8, 4) is 17.1 Å². The van der Waals surface area contributed by atoms with E-state index in [2.05, 4.69) is 20.3 Å². The van der Waals surface area contributed by atoms with Crippen molar-refractivity contribution >= 4 is 35.0 Å². The highest BCUT2D eigenvalue weighted by molar-refractivity contribution is 8.00. The highest BCUT2D eigenvalue weighted by Crippen LogP contribution is 2.29. The summed E-state index contributed by atoms with van der Waals surface area (Å²) in [7, 11) is 0. The number of aromatic nitrogens is 3. The lowest BCUT2D eigenvalue weighted by molar-refractivity contribution is -0.274. The van der Waals surface area contributed by atoms with Crippen LogP contribution in [0.5, 0.6) is 5.75 Å². The van der Waals surface area contributed by atoms with E-state index < -0.39 is 11.6 Å². The number of nitrogens with one attached hydrogen (secondary N) is 1. The van der Waals surface area contributed by atoms with Gasteiger partial charge in [0.25, 0.3) is 0 Å². The molecule has 2 aromatic carbocycles. The molecule has 0 spiro atoms. The summed E-state index contributed by atoms with van der Waals surface area (Å²) in [4.78, 5) is 12.5. The lowest BCUT2D eigenvalue weighted by Gasteiger charge is -2.13. The standard InChI is InChI=1S/C20H18ClF3N4O2S/c1-3-28-17(13-4-6-14(21)7-5-13)26-27-19(28)31-12(2)18(29)25-15-8-10-16(11-9-15)30-20(22,23)24/h4-12H,3H2,1-2H3,(H,25,29). The number of alkyl halides is 3.